The number of rotatable bonds is 8. The summed E-state index contributed by atoms with van der Waals surface area (Å²) in [5.74, 6) is -0.213. The van der Waals surface area contributed by atoms with Gasteiger partial charge in [0.15, 0.2) is 0 Å². The molecule has 0 aliphatic carbocycles. The molecule has 0 saturated carbocycles. The highest BCUT2D eigenvalue weighted by Crippen LogP contribution is 2.41. The van der Waals surface area contributed by atoms with Crippen molar-refractivity contribution in [2.75, 3.05) is 26.9 Å². The number of carbonyl (C=O) groups excluding carboxylic acids is 2. The molecule has 2 amide bonds. The van der Waals surface area contributed by atoms with E-state index in [-0.39, 0.29) is 49.1 Å². The van der Waals surface area contributed by atoms with Crippen LogP contribution in [0.15, 0.2) is 30.3 Å². The van der Waals surface area contributed by atoms with E-state index in [2.05, 4.69) is 0 Å². The molecule has 28 heavy (non-hydrogen) atoms. The Morgan fingerprint density at radius 1 is 1.25 bits per heavy atom. The quantitative estimate of drug-likeness (QED) is 0.742. The Morgan fingerprint density at radius 3 is 2.36 bits per heavy atom. The topological polar surface area (TPSA) is 70.1 Å². The number of ether oxygens (including phenoxy) is 1. The number of allylic oxidation sites excluding steroid dienone is 1. The standard InChI is InChI=1S/C22H32N2O4/c1-6-7-17-8-10-18(11-9-17)22-19(24(16(4)26)20(22)13-25)12-23(15(2)3)21(27)14-28-5/h6-11,15,19-20,22,25H,12-14H2,1-5H3/t19-,20-,22-/m1/s1. The Bertz CT molecular complexity index is 699. The summed E-state index contributed by atoms with van der Waals surface area (Å²) in [4.78, 5) is 28.2. The second-order valence-corrected chi connectivity index (χ2v) is 7.51. The molecule has 0 aromatic heterocycles. The van der Waals surface area contributed by atoms with Gasteiger partial charge in [-0.05, 0) is 31.9 Å². The number of hydrogen-bond donors (Lipinski definition) is 1. The zero-order chi connectivity index (χ0) is 20.8. The first kappa shape index (κ1) is 22.1. The number of carbonyl (C=O) groups is 2. The van der Waals surface area contributed by atoms with Gasteiger partial charge in [0, 0.05) is 32.5 Å². The van der Waals surface area contributed by atoms with Crippen molar-refractivity contribution in [3.8, 4) is 0 Å². The second kappa shape index (κ2) is 9.85. The van der Waals surface area contributed by atoms with Gasteiger partial charge in [0.05, 0.1) is 18.7 Å². The van der Waals surface area contributed by atoms with Crippen molar-refractivity contribution in [1.82, 2.24) is 9.80 Å². The summed E-state index contributed by atoms with van der Waals surface area (Å²) in [7, 11) is 1.50. The van der Waals surface area contributed by atoms with Gasteiger partial charge in [-0.1, -0.05) is 36.4 Å². The Balaban J connectivity index is 2.32. The normalized spacial score (nSPS) is 21.8. The average molecular weight is 389 g/mol. The van der Waals surface area contributed by atoms with Gasteiger partial charge in [-0.25, -0.2) is 0 Å². The molecule has 2 rings (SSSR count). The minimum Gasteiger partial charge on any atom is -0.394 e. The molecule has 1 saturated heterocycles. The van der Waals surface area contributed by atoms with Crippen LogP contribution < -0.4 is 0 Å². The SMILES string of the molecule is CC=Cc1ccc([C@H]2[C@@H](CO)N(C(C)=O)[C@@H]2CN(C(=O)COC)C(C)C)cc1. The maximum atomic E-state index is 12.5. The minimum atomic E-state index is -0.276. The summed E-state index contributed by atoms with van der Waals surface area (Å²) in [6.07, 6.45) is 4.01. The van der Waals surface area contributed by atoms with Crippen LogP contribution in [-0.2, 0) is 14.3 Å². The highest BCUT2D eigenvalue weighted by atomic mass is 16.5. The van der Waals surface area contributed by atoms with Gasteiger partial charge in [-0.15, -0.1) is 0 Å². The van der Waals surface area contributed by atoms with Crippen molar-refractivity contribution in [2.24, 2.45) is 0 Å². The van der Waals surface area contributed by atoms with Crippen molar-refractivity contribution in [3.63, 3.8) is 0 Å². The number of hydrogen-bond acceptors (Lipinski definition) is 4. The fraction of sp³-hybridized carbons (Fsp3) is 0.545. The molecule has 1 fully saturated rings. The first-order valence-corrected chi connectivity index (χ1v) is 9.76. The van der Waals surface area contributed by atoms with Gasteiger partial charge >= 0.3 is 0 Å². The summed E-state index contributed by atoms with van der Waals surface area (Å²) in [5.41, 5.74) is 2.17. The molecule has 0 bridgehead atoms. The first-order valence-electron chi connectivity index (χ1n) is 9.76. The lowest BCUT2D eigenvalue weighted by atomic mass is 9.74. The van der Waals surface area contributed by atoms with E-state index in [9.17, 15) is 14.7 Å². The van der Waals surface area contributed by atoms with E-state index in [1.54, 1.807) is 9.80 Å². The summed E-state index contributed by atoms with van der Waals surface area (Å²) in [6, 6.07) is 7.70. The van der Waals surface area contributed by atoms with E-state index in [0.29, 0.717) is 6.54 Å². The van der Waals surface area contributed by atoms with Crippen LogP contribution in [0.2, 0.25) is 0 Å². The van der Waals surface area contributed by atoms with Crippen LogP contribution in [0.25, 0.3) is 6.08 Å². The molecule has 0 unspecified atom stereocenters. The van der Waals surface area contributed by atoms with Gasteiger partial charge in [-0.2, -0.15) is 0 Å². The molecule has 3 atom stereocenters. The molecule has 1 heterocycles. The van der Waals surface area contributed by atoms with E-state index >= 15 is 0 Å². The molecule has 1 aliphatic rings. The van der Waals surface area contributed by atoms with E-state index in [1.165, 1.54) is 14.0 Å². The zero-order valence-electron chi connectivity index (χ0n) is 17.5. The van der Waals surface area contributed by atoms with E-state index in [4.69, 9.17) is 4.74 Å². The maximum absolute atomic E-state index is 12.5. The predicted molar refractivity (Wildman–Crippen MR) is 110 cm³/mol. The number of methoxy groups -OCH3 is 1. The fourth-order valence-electron chi connectivity index (χ4n) is 4.09. The number of aliphatic hydroxyl groups is 1. The molecule has 6 nitrogen and oxygen atoms in total. The lowest BCUT2D eigenvalue weighted by Gasteiger charge is -2.56. The number of aliphatic hydroxyl groups excluding tert-OH is 1. The molecular weight excluding hydrogens is 356 g/mol. The van der Waals surface area contributed by atoms with Crippen LogP contribution in [0, 0.1) is 0 Å². The molecule has 6 heteroatoms. The van der Waals surface area contributed by atoms with Crippen LogP contribution in [0.5, 0.6) is 0 Å². The highest BCUT2D eigenvalue weighted by molar-refractivity contribution is 5.79. The largest absolute Gasteiger partial charge is 0.394 e. The lowest BCUT2D eigenvalue weighted by Crippen LogP contribution is -2.68. The first-order chi connectivity index (χ1) is 13.3. The Kier molecular flexibility index (Phi) is 7.78. The molecule has 1 N–H and O–H groups in total. The summed E-state index contributed by atoms with van der Waals surface area (Å²) in [5, 5.41) is 9.92. The average Bonchev–Trinajstić information content (AvgIpc) is 2.62. The molecular formula is C22H32N2O4. The number of likely N-dealkylation sites (tertiary alicyclic amines) is 1. The fourth-order valence-corrected chi connectivity index (χ4v) is 4.09. The van der Waals surface area contributed by atoms with Gasteiger partial charge in [0.2, 0.25) is 11.8 Å². The van der Waals surface area contributed by atoms with Crippen molar-refractivity contribution in [1.29, 1.82) is 0 Å². The van der Waals surface area contributed by atoms with Crippen LogP contribution in [0.4, 0.5) is 0 Å². The number of benzene rings is 1. The Labute approximate surface area is 167 Å². The second-order valence-electron chi connectivity index (χ2n) is 7.51. The van der Waals surface area contributed by atoms with Crippen LogP contribution >= 0.6 is 0 Å². The van der Waals surface area contributed by atoms with Crippen LogP contribution in [0.3, 0.4) is 0 Å². The van der Waals surface area contributed by atoms with Crippen molar-refractivity contribution in [3.05, 3.63) is 41.5 Å². The Morgan fingerprint density at radius 2 is 1.89 bits per heavy atom. The maximum Gasteiger partial charge on any atom is 0.248 e. The monoisotopic (exact) mass is 388 g/mol. The van der Waals surface area contributed by atoms with Gasteiger partial charge in [-0.3, -0.25) is 9.59 Å². The highest BCUT2D eigenvalue weighted by Gasteiger charge is 2.51. The lowest BCUT2D eigenvalue weighted by molar-refractivity contribution is -0.154. The van der Waals surface area contributed by atoms with E-state index < -0.39 is 0 Å². The summed E-state index contributed by atoms with van der Waals surface area (Å²) in [6.45, 7) is 7.71. The van der Waals surface area contributed by atoms with Crippen LogP contribution in [-0.4, -0.2) is 71.7 Å². The minimum absolute atomic E-state index is 0.0110. The zero-order valence-corrected chi connectivity index (χ0v) is 17.5. The van der Waals surface area contributed by atoms with Gasteiger partial charge in [0.25, 0.3) is 0 Å². The summed E-state index contributed by atoms with van der Waals surface area (Å²) < 4.78 is 5.01. The molecule has 1 aliphatic heterocycles. The third kappa shape index (κ3) is 4.62. The van der Waals surface area contributed by atoms with Crippen molar-refractivity contribution in [2.45, 2.75) is 51.7 Å². The third-order valence-electron chi connectivity index (χ3n) is 5.37. The smallest absolute Gasteiger partial charge is 0.248 e. The summed E-state index contributed by atoms with van der Waals surface area (Å²) >= 11 is 0. The Hall–Kier alpha value is -2.18. The predicted octanol–water partition coefficient (Wildman–Crippen LogP) is 2.28. The molecule has 1 aromatic carbocycles. The van der Waals surface area contributed by atoms with Crippen molar-refractivity contribution < 1.29 is 19.4 Å². The van der Waals surface area contributed by atoms with E-state index in [0.717, 1.165) is 11.1 Å². The van der Waals surface area contributed by atoms with E-state index in [1.807, 2.05) is 57.2 Å². The number of amides is 2. The third-order valence-corrected chi connectivity index (χ3v) is 5.37. The molecule has 1 aromatic rings. The molecule has 0 radical (unpaired) electrons. The van der Waals surface area contributed by atoms with Crippen molar-refractivity contribution >= 4 is 17.9 Å². The number of nitrogens with zero attached hydrogens (tertiary/aromatic N) is 2. The van der Waals surface area contributed by atoms with Gasteiger partial charge < -0.3 is 19.6 Å². The van der Waals surface area contributed by atoms with Crippen LogP contribution in [0.1, 0.15) is 44.7 Å². The van der Waals surface area contributed by atoms with Gasteiger partial charge in [0.1, 0.15) is 6.61 Å². The molecule has 0 spiro atoms. The molecule has 154 valence electrons.